The molecule has 0 aromatic carbocycles. The zero-order valence-corrected chi connectivity index (χ0v) is 14.2. The first-order chi connectivity index (χ1) is 9.95. The van der Waals surface area contributed by atoms with Gasteiger partial charge >= 0.3 is 0 Å². The third kappa shape index (κ3) is 4.78. The lowest BCUT2D eigenvalue weighted by molar-refractivity contribution is -0.121. The van der Waals surface area contributed by atoms with Crippen LogP contribution in [-0.4, -0.2) is 28.6 Å². The van der Waals surface area contributed by atoms with Crippen molar-refractivity contribution in [2.45, 2.75) is 26.4 Å². The zero-order valence-electron chi connectivity index (χ0n) is 11.8. The number of nitrogens with zero attached hydrogens (tertiary/aromatic N) is 1. The van der Waals surface area contributed by atoms with Crippen LogP contribution in [-0.2, 0) is 11.2 Å². The summed E-state index contributed by atoms with van der Waals surface area (Å²) in [6.45, 7) is 4.10. The monoisotopic (exact) mass is 344 g/mol. The first-order valence-corrected chi connectivity index (χ1v) is 8.68. The van der Waals surface area contributed by atoms with E-state index in [4.69, 9.17) is 11.6 Å². The second kappa shape index (κ2) is 7.35. The van der Waals surface area contributed by atoms with Gasteiger partial charge in [-0.25, -0.2) is 4.98 Å². The average Bonchev–Trinajstić information content (AvgIpc) is 3.04. The Morgan fingerprint density at radius 2 is 2.24 bits per heavy atom. The van der Waals surface area contributed by atoms with Crippen LogP contribution in [0.25, 0.3) is 9.88 Å². The predicted molar refractivity (Wildman–Crippen MR) is 88.0 cm³/mol. The molecule has 1 atom stereocenters. The van der Waals surface area contributed by atoms with Crippen LogP contribution in [0.15, 0.2) is 17.5 Å². The number of halogens is 1. The number of aliphatic hydroxyl groups excluding tert-OH is 1. The highest BCUT2D eigenvalue weighted by atomic mass is 35.5. The van der Waals surface area contributed by atoms with E-state index in [1.54, 1.807) is 0 Å². The summed E-state index contributed by atoms with van der Waals surface area (Å²) in [6, 6.07) is 3.76. The fraction of sp³-hybridized carbons (Fsp3) is 0.429. The molecule has 0 bridgehead atoms. The fourth-order valence-corrected chi connectivity index (χ4v) is 3.55. The van der Waals surface area contributed by atoms with Crippen molar-refractivity contribution in [2.24, 2.45) is 5.92 Å². The second-order valence-corrected chi connectivity index (χ2v) is 7.61. The van der Waals surface area contributed by atoms with Crippen molar-refractivity contribution in [1.29, 1.82) is 0 Å². The van der Waals surface area contributed by atoms with Crippen LogP contribution < -0.4 is 5.32 Å². The van der Waals surface area contributed by atoms with Crippen molar-refractivity contribution >= 4 is 40.2 Å². The quantitative estimate of drug-likeness (QED) is 0.845. The Morgan fingerprint density at radius 3 is 2.86 bits per heavy atom. The molecule has 1 amide bonds. The van der Waals surface area contributed by atoms with Crippen molar-refractivity contribution in [1.82, 2.24) is 10.3 Å². The van der Waals surface area contributed by atoms with E-state index < -0.39 is 6.10 Å². The SMILES string of the molecule is CC(C)C(O)CNC(=O)Cc1csc(-c2ccc(Cl)s2)n1. The number of thiophene rings is 1. The number of hydrogen-bond acceptors (Lipinski definition) is 5. The number of hydrogen-bond donors (Lipinski definition) is 2. The fourth-order valence-electron chi connectivity index (χ4n) is 1.61. The minimum atomic E-state index is -0.520. The van der Waals surface area contributed by atoms with Crippen molar-refractivity contribution in [3.8, 4) is 9.88 Å². The third-order valence-electron chi connectivity index (χ3n) is 2.96. The number of rotatable bonds is 6. The molecule has 0 aliphatic rings. The highest BCUT2D eigenvalue weighted by molar-refractivity contribution is 7.23. The number of thiazole rings is 1. The minimum Gasteiger partial charge on any atom is -0.391 e. The molecule has 0 aliphatic heterocycles. The highest BCUT2D eigenvalue weighted by Crippen LogP contribution is 2.32. The van der Waals surface area contributed by atoms with E-state index in [9.17, 15) is 9.90 Å². The first-order valence-electron chi connectivity index (χ1n) is 6.60. The van der Waals surface area contributed by atoms with E-state index in [-0.39, 0.29) is 24.8 Å². The van der Waals surface area contributed by atoms with Gasteiger partial charge in [-0.15, -0.1) is 22.7 Å². The number of carbonyl (C=O) groups excluding carboxylic acids is 1. The molecule has 21 heavy (non-hydrogen) atoms. The Bertz CT molecular complexity index is 610. The lowest BCUT2D eigenvalue weighted by Gasteiger charge is -2.14. The molecule has 0 radical (unpaired) electrons. The molecule has 0 saturated carbocycles. The van der Waals surface area contributed by atoms with Gasteiger partial charge in [-0.1, -0.05) is 25.4 Å². The van der Waals surface area contributed by atoms with E-state index in [1.165, 1.54) is 22.7 Å². The van der Waals surface area contributed by atoms with Gasteiger partial charge in [0.2, 0.25) is 5.91 Å². The molecule has 0 aliphatic carbocycles. The van der Waals surface area contributed by atoms with Crippen LogP contribution in [0.3, 0.4) is 0 Å². The molecule has 7 heteroatoms. The summed E-state index contributed by atoms with van der Waals surface area (Å²) in [5.41, 5.74) is 0.732. The third-order valence-corrected chi connectivity index (χ3v) is 5.25. The summed E-state index contributed by atoms with van der Waals surface area (Å²) < 4.78 is 0.724. The summed E-state index contributed by atoms with van der Waals surface area (Å²) in [4.78, 5) is 17.3. The van der Waals surface area contributed by atoms with Gasteiger partial charge in [0, 0.05) is 11.9 Å². The van der Waals surface area contributed by atoms with E-state index in [1.807, 2.05) is 31.4 Å². The van der Waals surface area contributed by atoms with Gasteiger partial charge < -0.3 is 10.4 Å². The number of aliphatic hydroxyl groups is 1. The molecule has 2 N–H and O–H groups in total. The molecule has 0 saturated heterocycles. The van der Waals surface area contributed by atoms with Gasteiger partial charge in [0.15, 0.2) is 0 Å². The zero-order chi connectivity index (χ0) is 15.4. The number of carbonyl (C=O) groups is 1. The van der Waals surface area contributed by atoms with E-state index >= 15 is 0 Å². The number of nitrogens with one attached hydrogen (secondary N) is 1. The predicted octanol–water partition coefficient (Wildman–Crippen LogP) is 3.20. The molecular formula is C14H17ClN2O2S2. The van der Waals surface area contributed by atoms with Crippen molar-refractivity contribution in [2.75, 3.05) is 6.54 Å². The number of amides is 1. The normalized spacial score (nSPS) is 12.6. The maximum absolute atomic E-state index is 11.8. The van der Waals surface area contributed by atoms with Gasteiger partial charge in [0.1, 0.15) is 5.01 Å². The van der Waals surface area contributed by atoms with E-state index in [0.29, 0.717) is 0 Å². The number of aromatic nitrogens is 1. The van der Waals surface area contributed by atoms with E-state index in [0.717, 1.165) is 19.9 Å². The topological polar surface area (TPSA) is 62.2 Å². The van der Waals surface area contributed by atoms with Gasteiger partial charge in [0.25, 0.3) is 0 Å². The summed E-state index contributed by atoms with van der Waals surface area (Å²) in [6.07, 6.45) is -0.298. The van der Waals surface area contributed by atoms with Crippen LogP contribution in [0.1, 0.15) is 19.5 Å². The summed E-state index contributed by atoms with van der Waals surface area (Å²) in [5.74, 6) is -0.00415. The molecule has 114 valence electrons. The van der Waals surface area contributed by atoms with E-state index in [2.05, 4.69) is 10.3 Å². The van der Waals surface area contributed by atoms with Gasteiger partial charge in [0.05, 0.1) is 27.4 Å². The largest absolute Gasteiger partial charge is 0.391 e. The van der Waals surface area contributed by atoms with Crippen molar-refractivity contribution in [3.63, 3.8) is 0 Å². The Morgan fingerprint density at radius 1 is 1.48 bits per heavy atom. The minimum absolute atomic E-state index is 0.125. The van der Waals surface area contributed by atoms with Gasteiger partial charge in [-0.3, -0.25) is 4.79 Å². The Kier molecular flexibility index (Phi) is 5.75. The first kappa shape index (κ1) is 16.4. The van der Waals surface area contributed by atoms with Crippen LogP contribution in [0, 0.1) is 5.92 Å². The van der Waals surface area contributed by atoms with Gasteiger partial charge in [-0.2, -0.15) is 0 Å². The molecule has 1 unspecified atom stereocenters. The Balaban J connectivity index is 1.89. The van der Waals surface area contributed by atoms with Crippen LogP contribution in [0.5, 0.6) is 0 Å². The summed E-state index contributed by atoms with van der Waals surface area (Å²) >= 11 is 8.87. The standard InChI is InChI=1S/C14H17ClN2O2S2/c1-8(2)10(18)6-16-13(19)5-9-7-20-14(17-9)11-3-4-12(15)21-11/h3-4,7-8,10,18H,5-6H2,1-2H3,(H,16,19). The lowest BCUT2D eigenvalue weighted by Crippen LogP contribution is -2.35. The van der Waals surface area contributed by atoms with Gasteiger partial charge in [-0.05, 0) is 18.1 Å². The van der Waals surface area contributed by atoms with Crippen LogP contribution in [0.2, 0.25) is 4.34 Å². The molecular weight excluding hydrogens is 328 g/mol. The maximum atomic E-state index is 11.8. The molecule has 2 heterocycles. The molecule has 0 fully saturated rings. The van der Waals surface area contributed by atoms with Crippen LogP contribution >= 0.6 is 34.3 Å². The second-order valence-electron chi connectivity index (χ2n) is 5.04. The average molecular weight is 345 g/mol. The summed E-state index contributed by atoms with van der Waals surface area (Å²) in [5, 5.41) is 15.1. The molecule has 0 spiro atoms. The van der Waals surface area contributed by atoms with Crippen molar-refractivity contribution in [3.05, 3.63) is 27.5 Å². The summed E-state index contributed by atoms with van der Waals surface area (Å²) in [7, 11) is 0. The van der Waals surface area contributed by atoms with Crippen molar-refractivity contribution < 1.29 is 9.90 Å². The lowest BCUT2D eigenvalue weighted by atomic mass is 10.1. The Labute approximate surface area is 136 Å². The maximum Gasteiger partial charge on any atom is 0.226 e. The Hall–Kier alpha value is -0.950. The molecule has 2 rings (SSSR count). The highest BCUT2D eigenvalue weighted by Gasteiger charge is 2.13. The molecule has 2 aromatic rings. The smallest absolute Gasteiger partial charge is 0.226 e. The molecule has 4 nitrogen and oxygen atoms in total. The molecule has 2 aromatic heterocycles. The van der Waals surface area contributed by atoms with Crippen LogP contribution in [0.4, 0.5) is 0 Å².